The van der Waals surface area contributed by atoms with Crippen LogP contribution in [0, 0.1) is 17.0 Å². The van der Waals surface area contributed by atoms with Crippen molar-refractivity contribution >= 4 is 28.7 Å². The zero-order valence-corrected chi connectivity index (χ0v) is 15.9. The SMILES string of the molecule is CCc1ccc(Nc2ncnc(Nc3cc(C)ccc3OC)c2[N+](=O)[O-])cc1. The molecular formula is C20H21N5O3. The number of methoxy groups -OCH3 is 1. The zero-order chi connectivity index (χ0) is 20.1. The van der Waals surface area contributed by atoms with Gasteiger partial charge in [0.25, 0.3) is 0 Å². The van der Waals surface area contributed by atoms with E-state index >= 15 is 0 Å². The molecule has 0 aliphatic rings. The number of rotatable bonds is 7. The van der Waals surface area contributed by atoms with Crippen LogP contribution in [0.5, 0.6) is 5.75 Å². The average Bonchev–Trinajstić information content (AvgIpc) is 2.69. The Balaban J connectivity index is 1.97. The second kappa shape index (κ2) is 8.34. The van der Waals surface area contributed by atoms with Gasteiger partial charge in [-0.2, -0.15) is 0 Å². The normalized spacial score (nSPS) is 10.4. The predicted octanol–water partition coefficient (Wildman–Crippen LogP) is 4.75. The fraction of sp³-hybridized carbons (Fsp3) is 0.200. The summed E-state index contributed by atoms with van der Waals surface area (Å²) in [6.07, 6.45) is 2.20. The molecule has 0 aliphatic carbocycles. The summed E-state index contributed by atoms with van der Waals surface area (Å²) in [7, 11) is 1.54. The van der Waals surface area contributed by atoms with Crippen LogP contribution >= 0.6 is 0 Å². The van der Waals surface area contributed by atoms with Crippen LogP contribution in [0.4, 0.5) is 28.7 Å². The summed E-state index contributed by atoms with van der Waals surface area (Å²) < 4.78 is 5.33. The van der Waals surface area contributed by atoms with Crippen LogP contribution in [-0.2, 0) is 6.42 Å². The van der Waals surface area contributed by atoms with E-state index in [-0.39, 0.29) is 17.3 Å². The lowest BCUT2D eigenvalue weighted by molar-refractivity contribution is -0.383. The first kappa shape index (κ1) is 19.1. The van der Waals surface area contributed by atoms with E-state index in [1.54, 1.807) is 6.07 Å². The van der Waals surface area contributed by atoms with Crippen molar-refractivity contribution in [3.05, 3.63) is 70.0 Å². The monoisotopic (exact) mass is 379 g/mol. The molecule has 8 heteroatoms. The molecule has 144 valence electrons. The smallest absolute Gasteiger partial charge is 0.353 e. The Morgan fingerprint density at radius 2 is 1.75 bits per heavy atom. The molecule has 0 spiro atoms. The molecule has 1 aromatic heterocycles. The molecule has 0 saturated heterocycles. The highest BCUT2D eigenvalue weighted by Gasteiger charge is 2.24. The van der Waals surface area contributed by atoms with Gasteiger partial charge in [0.1, 0.15) is 12.1 Å². The van der Waals surface area contributed by atoms with Crippen LogP contribution in [0.2, 0.25) is 0 Å². The van der Waals surface area contributed by atoms with Gasteiger partial charge in [-0.1, -0.05) is 25.1 Å². The van der Waals surface area contributed by atoms with Crippen molar-refractivity contribution in [1.29, 1.82) is 0 Å². The number of nitrogens with zero attached hydrogens (tertiary/aromatic N) is 3. The van der Waals surface area contributed by atoms with Crippen LogP contribution in [0.3, 0.4) is 0 Å². The molecule has 1 heterocycles. The predicted molar refractivity (Wildman–Crippen MR) is 109 cm³/mol. The third-order valence-electron chi connectivity index (χ3n) is 4.24. The molecule has 0 aliphatic heterocycles. The number of aromatic nitrogens is 2. The van der Waals surface area contributed by atoms with E-state index in [0.29, 0.717) is 17.1 Å². The Labute approximate surface area is 162 Å². The Kier molecular flexibility index (Phi) is 5.69. The van der Waals surface area contributed by atoms with E-state index in [4.69, 9.17) is 4.74 Å². The maximum atomic E-state index is 11.8. The van der Waals surface area contributed by atoms with Gasteiger partial charge in [0.15, 0.2) is 0 Å². The Morgan fingerprint density at radius 1 is 1.07 bits per heavy atom. The minimum Gasteiger partial charge on any atom is -0.495 e. The summed E-state index contributed by atoms with van der Waals surface area (Å²) in [5.41, 5.74) is 3.21. The van der Waals surface area contributed by atoms with Gasteiger partial charge in [-0.3, -0.25) is 10.1 Å². The van der Waals surface area contributed by atoms with Gasteiger partial charge in [-0.05, 0) is 48.7 Å². The minimum absolute atomic E-state index is 0.0802. The molecule has 3 rings (SSSR count). The van der Waals surface area contributed by atoms with Crippen molar-refractivity contribution in [2.75, 3.05) is 17.7 Å². The van der Waals surface area contributed by atoms with E-state index in [1.165, 1.54) is 19.0 Å². The largest absolute Gasteiger partial charge is 0.495 e. The molecular weight excluding hydrogens is 358 g/mol. The molecule has 2 aromatic carbocycles. The standard InChI is InChI=1S/C20H21N5O3/c1-4-14-6-8-15(9-7-14)23-19-18(25(26)27)20(22-12-21-19)24-16-11-13(2)5-10-17(16)28-3/h5-12H,4H2,1-3H3,(H2,21,22,23,24). The molecule has 2 N–H and O–H groups in total. The highest BCUT2D eigenvalue weighted by molar-refractivity contribution is 5.78. The Hall–Kier alpha value is -3.68. The highest BCUT2D eigenvalue weighted by atomic mass is 16.6. The second-order valence-corrected chi connectivity index (χ2v) is 6.18. The first-order valence-corrected chi connectivity index (χ1v) is 8.78. The summed E-state index contributed by atoms with van der Waals surface area (Å²) in [6, 6.07) is 13.2. The van der Waals surface area contributed by atoms with Gasteiger partial charge in [-0.25, -0.2) is 9.97 Å². The highest BCUT2D eigenvalue weighted by Crippen LogP contribution is 2.35. The molecule has 0 fully saturated rings. The van der Waals surface area contributed by atoms with Crippen molar-refractivity contribution in [3.63, 3.8) is 0 Å². The second-order valence-electron chi connectivity index (χ2n) is 6.18. The van der Waals surface area contributed by atoms with Crippen molar-refractivity contribution in [1.82, 2.24) is 9.97 Å². The average molecular weight is 379 g/mol. The van der Waals surface area contributed by atoms with Gasteiger partial charge < -0.3 is 15.4 Å². The quantitative estimate of drug-likeness (QED) is 0.451. The number of hydrogen-bond acceptors (Lipinski definition) is 7. The summed E-state index contributed by atoms with van der Waals surface area (Å²) in [5, 5.41) is 17.8. The fourth-order valence-electron chi connectivity index (χ4n) is 2.74. The van der Waals surface area contributed by atoms with Gasteiger partial charge in [-0.15, -0.1) is 0 Å². The molecule has 0 saturated carbocycles. The maximum absolute atomic E-state index is 11.8. The third-order valence-corrected chi connectivity index (χ3v) is 4.24. The van der Waals surface area contributed by atoms with Crippen molar-refractivity contribution in [2.24, 2.45) is 0 Å². The van der Waals surface area contributed by atoms with E-state index in [2.05, 4.69) is 27.5 Å². The van der Waals surface area contributed by atoms with Crippen molar-refractivity contribution < 1.29 is 9.66 Å². The molecule has 0 atom stereocenters. The minimum atomic E-state index is -0.507. The van der Waals surface area contributed by atoms with E-state index < -0.39 is 4.92 Å². The summed E-state index contributed by atoms with van der Waals surface area (Å²) in [6.45, 7) is 3.99. The molecule has 28 heavy (non-hydrogen) atoms. The Bertz CT molecular complexity index is 990. The number of benzene rings is 2. The lowest BCUT2D eigenvalue weighted by Gasteiger charge is -2.13. The van der Waals surface area contributed by atoms with Crippen molar-refractivity contribution in [2.45, 2.75) is 20.3 Å². The first-order chi connectivity index (χ1) is 13.5. The van der Waals surface area contributed by atoms with E-state index in [9.17, 15) is 10.1 Å². The van der Waals surface area contributed by atoms with Crippen LogP contribution in [0.1, 0.15) is 18.1 Å². The van der Waals surface area contributed by atoms with Crippen LogP contribution in [-0.4, -0.2) is 22.0 Å². The van der Waals surface area contributed by atoms with E-state index in [0.717, 1.165) is 12.0 Å². The number of aryl methyl sites for hydroxylation is 2. The van der Waals surface area contributed by atoms with Crippen LogP contribution in [0.25, 0.3) is 0 Å². The first-order valence-electron chi connectivity index (χ1n) is 8.78. The molecule has 0 unspecified atom stereocenters. The summed E-state index contributed by atoms with van der Waals surface area (Å²) >= 11 is 0. The maximum Gasteiger partial charge on any atom is 0.353 e. The molecule has 0 amide bonds. The number of hydrogen-bond donors (Lipinski definition) is 2. The molecule has 3 aromatic rings. The number of ether oxygens (including phenoxy) is 1. The number of anilines is 4. The third kappa shape index (κ3) is 4.17. The lowest BCUT2D eigenvalue weighted by Crippen LogP contribution is -2.06. The van der Waals surface area contributed by atoms with Gasteiger partial charge in [0, 0.05) is 5.69 Å². The van der Waals surface area contributed by atoms with Gasteiger partial charge >= 0.3 is 5.69 Å². The molecule has 8 nitrogen and oxygen atoms in total. The van der Waals surface area contributed by atoms with Gasteiger partial charge in [0.2, 0.25) is 11.6 Å². The van der Waals surface area contributed by atoms with E-state index in [1.807, 2.05) is 43.3 Å². The van der Waals surface area contributed by atoms with Crippen LogP contribution < -0.4 is 15.4 Å². The molecule has 0 bridgehead atoms. The topological polar surface area (TPSA) is 102 Å². The Morgan fingerprint density at radius 3 is 2.36 bits per heavy atom. The van der Waals surface area contributed by atoms with Gasteiger partial charge in [0.05, 0.1) is 17.7 Å². The zero-order valence-electron chi connectivity index (χ0n) is 15.9. The summed E-state index contributed by atoms with van der Waals surface area (Å²) in [4.78, 5) is 19.4. The van der Waals surface area contributed by atoms with Crippen LogP contribution in [0.15, 0.2) is 48.8 Å². The van der Waals surface area contributed by atoms with Crippen molar-refractivity contribution in [3.8, 4) is 5.75 Å². The number of nitro groups is 1. The number of nitrogens with one attached hydrogen (secondary N) is 2. The fourth-order valence-corrected chi connectivity index (χ4v) is 2.74. The molecule has 0 radical (unpaired) electrons. The summed E-state index contributed by atoms with van der Waals surface area (Å²) in [5.74, 6) is 0.748. The lowest BCUT2D eigenvalue weighted by atomic mass is 10.1.